The molecule has 0 fully saturated rings. The summed E-state index contributed by atoms with van der Waals surface area (Å²) in [5.74, 6) is 0.390. The van der Waals surface area contributed by atoms with E-state index in [1.54, 1.807) is 12.2 Å². The maximum atomic E-state index is 12.4. The van der Waals surface area contributed by atoms with Crippen molar-refractivity contribution in [3.05, 3.63) is 86.3 Å². The van der Waals surface area contributed by atoms with Crippen molar-refractivity contribution in [2.75, 3.05) is 6.61 Å². The van der Waals surface area contributed by atoms with Crippen LogP contribution < -0.4 is 9.61 Å². The summed E-state index contributed by atoms with van der Waals surface area (Å²) < 4.78 is 6.86. The normalized spacial score (nSPS) is 14.3. The van der Waals surface area contributed by atoms with Crippen molar-refractivity contribution in [1.29, 1.82) is 0 Å². The summed E-state index contributed by atoms with van der Waals surface area (Å²) in [6.45, 7) is 0.457. The van der Waals surface area contributed by atoms with E-state index in [0.29, 0.717) is 16.2 Å². The van der Waals surface area contributed by atoms with Gasteiger partial charge in [0.15, 0.2) is 5.78 Å². The van der Waals surface area contributed by atoms with E-state index in [1.165, 1.54) is 10.6 Å². The number of aromatic nitrogens is 1. The van der Waals surface area contributed by atoms with Crippen LogP contribution in [0, 0.1) is 0 Å². The number of carbonyl (C=O) groups is 1. The van der Waals surface area contributed by atoms with Gasteiger partial charge in [-0.15, -0.1) is 0 Å². The maximum Gasteiger partial charge on any atom is 0.310 e. The third-order valence-electron chi connectivity index (χ3n) is 4.43. The van der Waals surface area contributed by atoms with E-state index in [-0.39, 0.29) is 29.7 Å². The summed E-state index contributed by atoms with van der Waals surface area (Å²) in [5, 5.41) is 10.5. The average molecular weight is 391 g/mol. The van der Waals surface area contributed by atoms with Crippen LogP contribution in [-0.2, 0) is 11.3 Å². The van der Waals surface area contributed by atoms with Crippen molar-refractivity contribution in [3.63, 3.8) is 0 Å². The molecule has 0 saturated carbocycles. The van der Waals surface area contributed by atoms with Crippen molar-refractivity contribution >= 4 is 34.8 Å². The molecule has 1 heterocycles. The van der Waals surface area contributed by atoms with Crippen molar-refractivity contribution in [2.45, 2.75) is 6.54 Å². The topological polar surface area (TPSA) is 68.5 Å². The molecule has 4 rings (SSSR count). The predicted molar refractivity (Wildman–Crippen MR) is 111 cm³/mol. The highest BCUT2D eigenvalue weighted by Crippen LogP contribution is 2.31. The lowest BCUT2D eigenvalue weighted by atomic mass is 9.91. The maximum absolute atomic E-state index is 12.4. The van der Waals surface area contributed by atoms with Gasteiger partial charge in [0.25, 0.3) is 0 Å². The Bertz CT molecular complexity index is 1140. The van der Waals surface area contributed by atoms with E-state index in [1.807, 2.05) is 54.6 Å². The van der Waals surface area contributed by atoms with Crippen LogP contribution in [0.25, 0.3) is 17.7 Å². The molecule has 0 aliphatic heterocycles. The Morgan fingerprint density at radius 1 is 1.00 bits per heavy atom. The molecule has 1 N–H and O–H groups in total. The minimum Gasteiger partial charge on any atom is -0.493 e. The van der Waals surface area contributed by atoms with Crippen LogP contribution >= 0.6 is 11.3 Å². The molecule has 6 heteroatoms. The number of hydrogen-bond acceptors (Lipinski definition) is 5. The Labute approximate surface area is 165 Å². The molecule has 5 nitrogen and oxygen atoms in total. The second-order valence-electron chi connectivity index (χ2n) is 6.21. The van der Waals surface area contributed by atoms with E-state index in [2.05, 4.69) is 0 Å². The Hall–Kier alpha value is -3.38. The molecule has 0 saturated heterocycles. The summed E-state index contributed by atoms with van der Waals surface area (Å²) in [5.41, 5.74) is 2.17. The first-order valence-electron chi connectivity index (χ1n) is 8.77. The van der Waals surface area contributed by atoms with Gasteiger partial charge >= 0.3 is 4.87 Å². The van der Waals surface area contributed by atoms with E-state index >= 15 is 0 Å². The number of ether oxygens (including phenoxy) is 1. The van der Waals surface area contributed by atoms with Crippen LogP contribution in [0.3, 0.4) is 0 Å². The summed E-state index contributed by atoms with van der Waals surface area (Å²) in [7, 11) is 0. The summed E-state index contributed by atoms with van der Waals surface area (Å²) in [6.07, 6.45) is 4.85. The number of para-hydroxylation sites is 1. The quantitative estimate of drug-likeness (QED) is 0.671. The largest absolute Gasteiger partial charge is 0.493 e. The fourth-order valence-electron chi connectivity index (χ4n) is 3.03. The number of nitrogens with zero attached hydrogens (tertiary/aromatic N) is 1. The standard InChI is InChI=1S/C22H17NO4S/c24-19-11-10-15-6-4-5-9-17(15)18(19)14-20-21(25)23(22(26)28-20)12-13-27-16-7-2-1-3-8-16/h1-11,14,25H,12-13H2/b18-14-. The molecule has 0 radical (unpaired) electrons. The fourth-order valence-corrected chi connectivity index (χ4v) is 3.89. The number of hydrogen-bond donors (Lipinski definition) is 1. The van der Waals surface area contributed by atoms with E-state index in [9.17, 15) is 14.7 Å². The molecule has 1 aromatic heterocycles. The Morgan fingerprint density at radius 2 is 1.75 bits per heavy atom. The van der Waals surface area contributed by atoms with Gasteiger partial charge in [-0.25, -0.2) is 0 Å². The summed E-state index contributed by atoms with van der Waals surface area (Å²) in [4.78, 5) is 24.7. The number of ketones is 1. The first-order valence-corrected chi connectivity index (χ1v) is 9.59. The molecule has 140 valence electrons. The van der Waals surface area contributed by atoms with Crippen molar-refractivity contribution < 1.29 is 14.6 Å². The first kappa shape index (κ1) is 18.0. The van der Waals surface area contributed by atoms with Crippen LogP contribution in [0.4, 0.5) is 0 Å². The molecular formula is C22H17NO4S. The first-order chi connectivity index (χ1) is 13.6. The van der Waals surface area contributed by atoms with Crippen molar-refractivity contribution in [3.8, 4) is 11.6 Å². The fraction of sp³-hybridized carbons (Fsp3) is 0.0909. The Balaban J connectivity index is 1.59. The van der Waals surface area contributed by atoms with Crippen molar-refractivity contribution in [1.82, 2.24) is 4.57 Å². The summed E-state index contributed by atoms with van der Waals surface area (Å²) >= 11 is 0.907. The number of benzene rings is 2. The molecular weight excluding hydrogens is 374 g/mol. The minimum absolute atomic E-state index is 0.154. The summed E-state index contributed by atoms with van der Waals surface area (Å²) in [6, 6.07) is 16.8. The number of allylic oxidation sites excluding steroid dienone is 2. The highest BCUT2D eigenvalue weighted by Gasteiger charge is 2.19. The zero-order valence-electron chi connectivity index (χ0n) is 14.9. The van der Waals surface area contributed by atoms with Gasteiger partial charge in [0.2, 0.25) is 5.88 Å². The van der Waals surface area contributed by atoms with Gasteiger partial charge in [-0.05, 0) is 35.4 Å². The van der Waals surface area contributed by atoms with E-state index in [4.69, 9.17) is 4.74 Å². The lowest BCUT2D eigenvalue weighted by molar-refractivity contribution is -0.109. The van der Waals surface area contributed by atoms with Crippen LogP contribution in [0.15, 0.2) is 65.5 Å². The molecule has 0 spiro atoms. The lowest BCUT2D eigenvalue weighted by Crippen LogP contribution is -2.17. The third-order valence-corrected chi connectivity index (χ3v) is 5.34. The van der Waals surface area contributed by atoms with Gasteiger partial charge in [0.05, 0.1) is 11.4 Å². The predicted octanol–water partition coefficient (Wildman–Crippen LogP) is 3.83. The number of carbonyl (C=O) groups excluding carboxylic acids is 1. The Kier molecular flexibility index (Phi) is 4.95. The van der Waals surface area contributed by atoms with Crippen molar-refractivity contribution in [2.24, 2.45) is 0 Å². The van der Waals surface area contributed by atoms with Crippen LogP contribution in [0.1, 0.15) is 16.0 Å². The number of thiazole rings is 1. The molecule has 2 aromatic carbocycles. The van der Waals surface area contributed by atoms with E-state index < -0.39 is 0 Å². The zero-order valence-corrected chi connectivity index (χ0v) is 15.7. The van der Waals surface area contributed by atoms with Crippen LogP contribution in [-0.4, -0.2) is 22.1 Å². The highest BCUT2D eigenvalue weighted by molar-refractivity contribution is 7.10. The van der Waals surface area contributed by atoms with Crippen LogP contribution in [0.2, 0.25) is 0 Å². The monoisotopic (exact) mass is 391 g/mol. The molecule has 0 bridgehead atoms. The zero-order chi connectivity index (χ0) is 19.5. The van der Waals surface area contributed by atoms with Gasteiger partial charge in [0.1, 0.15) is 12.4 Å². The molecule has 0 atom stereocenters. The highest BCUT2D eigenvalue weighted by atomic mass is 32.1. The average Bonchev–Trinajstić information content (AvgIpc) is 2.98. The number of rotatable bonds is 5. The number of fused-ring (bicyclic) bond motifs is 1. The lowest BCUT2D eigenvalue weighted by Gasteiger charge is -2.12. The van der Waals surface area contributed by atoms with Gasteiger partial charge in [-0.3, -0.25) is 14.2 Å². The molecule has 1 aliphatic carbocycles. The third kappa shape index (κ3) is 3.54. The Morgan fingerprint density at radius 3 is 2.57 bits per heavy atom. The smallest absolute Gasteiger partial charge is 0.310 e. The van der Waals surface area contributed by atoms with Crippen LogP contribution in [0.5, 0.6) is 11.6 Å². The van der Waals surface area contributed by atoms with Gasteiger partial charge in [0, 0.05) is 5.57 Å². The van der Waals surface area contributed by atoms with E-state index in [0.717, 1.165) is 22.5 Å². The second kappa shape index (κ2) is 7.70. The second-order valence-corrected chi connectivity index (χ2v) is 7.21. The molecule has 28 heavy (non-hydrogen) atoms. The molecule has 0 unspecified atom stereocenters. The number of aromatic hydroxyl groups is 1. The minimum atomic E-state index is -0.298. The van der Waals surface area contributed by atoms with Gasteiger partial charge in [-0.2, -0.15) is 0 Å². The van der Waals surface area contributed by atoms with Gasteiger partial charge < -0.3 is 9.84 Å². The SMILES string of the molecule is O=C1C=Cc2ccccc2/C1=C/c1sc(=O)n(CCOc2ccccc2)c1O. The van der Waals surface area contributed by atoms with Gasteiger partial charge in [-0.1, -0.05) is 59.9 Å². The molecule has 0 amide bonds. The molecule has 1 aliphatic rings. The molecule has 3 aromatic rings.